The van der Waals surface area contributed by atoms with Crippen LogP contribution in [0.2, 0.25) is 0 Å². The lowest BCUT2D eigenvalue weighted by Gasteiger charge is -2.22. The molecule has 0 aromatic carbocycles. The van der Waals surface area contributed by atoms with E-state index in [1.165, 1.54) is 0 Å². The molecule has 0 radical (unpaired) electrons. The van der Waals surface area contributed by atoms with Crippen molar-refractivity contribution in [3.8, 4) is 0 Å². The Kier molecular flexibility index (Phi) is 5.81. The van der Waals surface area contributed by atoms with Gasteiger partial charge in [0.15, 0.2) is 0 Å². The van der Waals surface area contributed by atoms with Crippen LogP contribution >= 0.6 is 15.9 Å². The first-order valence-corrected chi connectivity index (χ1v) is 7.00. The molecule has 102 valence electrons. The molecule has 1 aromatic heterocycles. The van der Waals surface area contributed by atoms with Crippen LogP contribution in [-0.2, 0) is 0 Å². The summed E-state index contributed by atoms with van der Waals surface area (Å²) in [4.78, 5) is 8.53. The van der Waals surface area contributed by atoms with Crippen LogP contribution in [0.1, 0.15) is 33.6 Å². The second kappa shape index (κ2) is 6.89. The van der Waals surface area contributed by atoms with E-state index in [2.05, 4.69) is 43.5 Å². The highest BCUT2D eigenvalue weighted by molar-refractivity contribution is 9.10. The third-order valence-corrected chi connectivity index (χ3v) is 3.26. The summed E-state index contributed by atoms with van der Waals surface area (Å²) < 4.78 is 0.788. The van der Waals surface area contributed by atoms with Gasteiger partial charge in [0.1, 0.15) is 5.82 Å². The van der Waals surface area contributed by atoms with Gasteiger partial charge in [-0.15, -0.1) is 0 Å². The minimum absolute atomic E-state index is 0.451. The van der Waals surface area contributed by atoms with Gasteiger partial charge in [0.2, 0.25) is 5.95 Å². The van der Waals surface area contributed by atoms with Gasteiger partial charge in [-0.3, -0.25) is 0 Å². The van der Waals surface area contributed by atoms with Crippen molar-refractivity contribution >= 4 is 27.7 Å². The Morgan fingerprint density at radius 3 is 2.72 bits per heavy atom. The molecule has 0 amide bonds. The monoisotopic (exact) mass is 316 g/mol. The Balaban J connectivity index is 2.69. The van der Waals surface area contributed by atoms with Crippen molar-refractivity contribution in [3.63, 3.8) is 0 Å². The van der Waals surface area contributed by atoms with E-state index in [9.17, 15) is 5.11 Å². The smallest absolute Gasteiger partial charge is 0.224 e. The molecule has 6 heteroatoms. The molecule has 0 aliphatic heterocycles. The Bertz CT molecular complexity index is 384. The van der Waals surface area contributed by atoms with Crippen molar-refractivity contribution in [2.24, 2.45) is 0 Å². The lowest BCUT2D eigenvalue weighted by atomic mass is 10.0. The van der Waals surface area contributed by atoms with Gasteiger partial charge in [-0.2, -0.15) is 4.98 Å². The highest BCUT2D eigenvalue weighted by Crippen LogP contribution is 2.21. The zero-order chi connectivity index (χ0) is 13.6. The molecule has 0 aliphatic carbocycles. The normalized spacial score (nSPS) is 14.1. The predicted octanol–water partition coefficient (Wildman–Crippen LogP) is 2.63. The summed E-state index contributed by atoms with van der Waals surface area (Å²) in [6.07, 6.45) is 3.41. The van der Waals surface area contributed by atoms with E-state index in [0.29, 0.717) is 24.7 Å². The lowest BCUT2D eigenvalue weighted by molar-refractivity contribution is 0.0696. The van der Waals surface area contributed by atoms with E-state index in [1.807, 2.05) is 6.92 Å². The van der Waals surface area contributed by atoms with Crippen LogP contribution in [0.25, 0.3) is 0 Å². The molecule has 1 unspecified atom stereocenters. The molecular weight excluding hydrogens is 296 g/mol. The van der Waals surface area contributed by atoms with Crippen LogP contribution in [0.5, 0.6) is 0 Å². The maximum Gasteiger partial charge on any atom is 0.224 e. The first-order chi connectivity index (χ1) is 8.48. The van der Waals surface area contributed by atoms with Gasteiger partial charge in [-0.1, -0.05) is 13.8 Å². The Labute approximate surface area is 117 Å². The number of hydrogen-bond donors (Lipinski definition) is 3. The minimum atomic E-state index is -0.735. The lowest BCUT2D eigenvalue weighted by Crippen LogP contribution is -2.32. The fourth-order valence-corrected chi connectivity index (χ4v) is 1.54. The molecule has 0 bridgehead atoms. The Morgan fingerprint density at radius 2 is 2.11 bits per heavy atom. The van der Waals surface area contributed by atoms with Gasteiger partial charge in [-0.25, -0.2) is 4.98 Å². The maximum absolute atomic E-state index is 9.95. The van der Waals surface area contributed by atoms with E-state index in [0.717, 1.165) is 17.4 Å². The molecule has 0 aliphatic rings. The number of nitrogens with zero attached hydrogens (tertiary/aromatic N) is 2. The molecule has 5 nitrogen and oxygen atoms in total. The number of halogens is 1. The van der Waals surface area contributed by atoms with Crippen LogP contribution in [0.15, 0.2) is 10.7 Å². The van der Waals surface area contributed by atoms with E-state index in [1.54, 1.807) is 13.1 Å². The van der Waals surface area contributed by atoms with Gasteiger partial charge in [0.05, 0.1) is 10.1 Å². The summed E-state index contributed by atoms with van der Waals surface area (Å²) in [5, 5.41) is 16.2. The van der Waals surface area contributed by atoms with Crippen LogP contribution in [0.3, 0.4) is 0 Å². The molecule has 0 fully saturated rings. The van der Waals surface area contributed by atoms with Crippen LogP contribution in [0.4, 0.5) is 11.8 Å². The number of anilines is 2. The zero-order valence-electron chi connectivity index (χ0n) is 11.1. The molecule has 18 heavy (non-hydrogen) atoms. The summed E-state index contributed by atoms with van der Waals surface area (Å²) >= 11 is 3.39. The van der Waals surface area contributed by atoms with Crippen molar-refractivity contribution in [2.45, 2.75) is 39.2 Å². The third kappa shape index (κ3) is 4.78. The fourth-order valence-electron chi connectivity index (χ4n) is 1.21. The number of aromatic nitrogens is 2. The summed E-state index contributed by atoms with van der Waals surface area (Å²) in [5.41, 5.74) is -0.735. The highest BCUT2D eigenvalue weighted by atomic mass is 79.9. The molecule has 0 spiro atoms. The molecule has 1 atom stereocenters. The van der Waals surface area contributed by atoms with Crippen molar-refractivity contribution in [3.05, 3.63) is 10.7 Å². The standard InChI is InChI=1S/C12H21BrN4O/c1-4-6-14-11-15-7-9(13)10(17-11)16-8-12(3,18)5-2/h7,18H,4-6,8H2,1-3H3,(H2,14,15,16,17). The van der Waals surface area contributed by atoms with Crippen molar-refractivity contribution in [2.75, 3.05) is 23.7 Å². The quantitative estimate of drug-likeness (QED) is 0.721. The molecule has 0 saturated heterocycles. The number of aliphatic hydroxyl groups is 1. The fraction of sp³-hybridized carbons (Fsp3) is 0.667. The van der Waals surface area contributed by atoms with Crippen molar-refractivity contribution in [1.29, 1.82) is 0 Å². The van der Waals surface area contributed by atoms with E-state index in [-0.39, 0.29) is 0 Å². The van der Waals surface area contributed by atoms with Gasteiger partial charge in [-0.05, 0) is 35.7 Å². The van der Waals surface area contributed by atoms with E-state index in [4.69, 9.17) is 0 Å². The molecule has 3 N–H and O–H groups in total. The van der Waals surface area contributed by atoms with E-state index >= 15 is 0 Å². The van der Waals surface area contributed by atoms with Gasteiger partial charge in [0, 0.05) is 19.3 Å². The second-order valence-corrected chi connectivity index (χ2v) is 5.38. The number of rotatable bonds is 7. The molecule has 1 aromatic rings. The average molecular weight is 317 g/mol. The summed E-state index contributed by atoms with van der Waals surface area (Å²) in [6, 6.07) is 0. The SMILES string of the molecule is CCCNc1ncc(Br)c(NCC(C)(O)CC)n1. The predicted molar refractivity (Wildman–Crippen MR) is 77.9 cm³/mol. The summed E-state index contributed by atoms with van der Waals surface area (Å²) in [6.45, 7) is 7.12. The Morgan fingerprint density at radius 1 is 1.39 bits per heavy atom. The molecular formula is C12H21BrN4O. The van der Waals surface area contributed by atoms with Crippen LogP contribution in [0, 0.1) is 0 Å². The summed E-state index contributed by atoms with van der Waals surface area (Å²) in [5.74, 6) is 1.29. The first-order valence-electron chi connectivity index (χ1n) is 6.21. The van der Waals surface area contributed by atoms with E-state index < -0.39 is 5.60 Å². The van der Waals surface area contributed by atoms with Gasteiger partial charge >= 0.3 is 0 Å². The average Bonchev–Trinajstić information content (AvgIpc) is 2.36. The van der Waals surface area contributed by atoms with Gasteiger partial charge < -0.3 is 15.7 Å². The third-order valence-electron chi connectivity index (χ3n) is 2.68. The number of hydrogen-bond acceptors (Lipinski definition) is 5. The second-order valence-electron chi connectivity index (χ2n) is 4.52. The first kappa shape index (κ1) is 15.2. The van der Waals surface area contributed by atoms with Crippen LogP contribution < -0.4 is 10.6 Å². The highest BCUT2D eigenvalue weighted by Gasteiger charge is 2.18. The molecule has 0 saturated carbocycles. The minimum Gasteiger partial charge on any atom is -0.388 e. The van der Waals surface area contributed by atoms with Crippen molar-refractivity contribution < 1.29 is 5.11 Å². The maximum atomic E-state index is 9.95. The topological polar surface area (TPSA) is 70.1 Å². The molecule has 1 rings (SSSR count). The molecule has 1 heterocycles. The summed E-state index contributed by atoms with van der Waals surface area (Å²) in [7, 11) is 0. The largest absolute Gasteiger partial charge is 0.388 e. The van der Waals surface area contributed by atoms with Gasteiger partial charge in [0.25, 0.3) is 0 Å². The van der Waals surface area contributed by atoms with Crippen molar-refractivity contribution in [1.82, 2.24) is 9.97 Å². The van der Waals surface area contributed by atoms with Crippen LogP contribution in [-0.4, -0.2) is 33.8 Å². The number of nitrogens with one attached hydrogen (secondary N) is 2. The Hall–Kier alpha value is -0.880. The zero-order valence-corrected chi connectivity index (χ0v) is 12.7.